The Hall–Kier alpha value is -1.73. The standard InChI is InChI=1S/C27H47N5O2/c1-16-20(22(33)29-18-12-24(3,4)31-25(5,6)13-18)11-21(17(2)28-16)23(34)30-19-14-26(7,8)32-27(9,10)15-19/h18-20,31-32H,11-15H2,1-10H3,(H,29,33)(H,30,34). The van der Waals surface area contributed by atoms with E-state index in [4.69, 9.17) is 0 Å². The SMILES string of the molecule is CC1=NC(C)=C(C(=O)NC2CC(C)(C)NC(C)(C)C2)CC1C(=O)NC1CC(C)(C)NC(C)(C)C1. The van der Waals surface area contributed by atoms with Crippen LogP contribution in [0, 0.1) is 5.92 Å². The third kappa shape index (κ3) is 6.69. The van der Waals surface area contributed by atoms with Gasteiger partial charge < -0.3 is 21.3 Å². The summed E-state index contributed by atoms with van der Waals surface area (Å²) in [6.07, 6.45) is 3.86. The van der Waals surface area contributed by atoms with Crippen molar-refractivity contribution >= 4 is 17.5 Å². The summed E-state index contributed by atoms with van der Waals surface area (Å²) in [5, 5.41) is 13.9. The van der Waals surface area contributed by atoms with Crippen LogP contribution in [-0.2, 0) is 9.59 Å². The van der Waals surface area contributed by atoms with Crippen LogP contribution >= 0.6 is 0 Å². The number of allylic oxidation sites excluding steroid dienone is 1. The van der Waals surface area contributed by atoms with Crippen molar-refractivity contribution in [2.75, 3.05) is 0 Å². The van der Waals surface area contributed by atoms with Crippen molar-refractivity contribution in [1.29, 1.82) is 0 Å². The number of nitrogens with zero attached hydrogens (tertiary/aromatic N) is 1. The molecule has 0 radical (unpaired) electrons. The van der Waals surface area contributed by atoms with Crippen LogP contribution in [0.1, 0.15) is 101 Å². The second kappa shape index (κ2) is 9.05. The molecule has 2 fully saturated rings. The molecule has 1 unspecified atom stereocenters. The third-order valence-corrected chi connectivity index (χ3v) is 7.35. The zero-order chi connectivity index (χ0) is 25.7. The largest absolute Gasteiger partial charge is 0.353 e. The van der Waals surface area contributed by atoms with Gasteiger partial charge in [0.2, 0.25) is 11.8 Å². The Morgan fingerprint density at radius 1 is 0.765 bits per heavy atom. The Balaban J connectivity index is 1.69. The Kier molecular flexibility index (Phi) is 7.15. The van der Waals surface area contributed by atoms with Gasteiger partial charge in [-0.2, -0.15) is 0 Å². The van der Waals surface area contributed by atoms with Gasteiger partial charge in [-0.1, -0.05) is 0 Å². The maximum Gasteiger partial charge on any atom is 0.249 e. The normalized spacial score (nSPS) is 28.8. The molecule has 3 aliphatic heterocycles. The monoisotopic (exact) mass is 473 g/mol. The average Bonchev–Trinajstić information content (AvgIpc) is 2.55. The molecule has 192 valence electrons. The van der Waals surface area contributed by atoms with E-state index in [-0.39, 0.29) is 46.1 Å². The molecule has 2 saturated heterocycles. The van der Waals surface area contributed by atoms with Crippen molar-refractivity contribution < 1.29 is 9.59 Å². The summed E-state index contributed by atoms with van der Waals surface area (Å²) in [6.45, 7) is 21.2. The molecule has 7 nitrogen and oxygen atoms in total. The van der Waals surface area contributed by atoms with E-state index in [0.717, 1.165) is 37.1 Å². The van der Waals surface area contributed by atoms with Gasteiger partial charge in [-0.25, -0.2) is 0 Å². The van der Waals surface area contributed by atoms with Crippen molar-refractivity contribution in [2.24, 2.45) is 10.9 Å². The number of carbonyl (C=O) groups excluding carboxylic acids is 2. The first kappa shape index (κ1) is 26.9. The number of nitrogens with one attached hydrogen (secondary N) is 4. The minimum absolute atomic E-state index is 0.0262. The van der Waals surface area contributed by atoms with Crippen LogP contribution in [0.15, 0.2) is 16.3 Å². The van der Waals surface area contributed by atoms with E-state index >= 15 is 0 Å². The number of amides is 2. The van der Waals surface area contributed by atoms with Gasteiger partial charge in [0.15, 0.2) is 0 Å². The van der Waals surface area contributed by atoms with Crippen LogP contribution in [0.5, 0.6) is 0 Å². The highest BCUT2D eigenvalue weighted by molar-refractivity contribution is 6.07. The fourth-order valence-corrected chi connectivity index (χ4v) is 6.87. The summed E-state index contributed by atoms with van der Waals surface area (Å²) in [6, 6.07) is 0.174. The fraction of sp³-hybridized carbons (Fsp3) is 0.815. The molecular formula is C27H47N5O2. The first-order chi connectivity index (χ1) is 15.4. The van der Waals surface area contributed by atoms with Gasteiger partial charge in [-0.15, -0.1) is 0 Å². The second-order valence-corrected chi connectivity index (χ2v) is 13.6. The van der Waals surface area contributed by atoms with E-state index in [1.54, 1.807) is 0 Å². The topological polar surface area (TPSA) is 94.6 Å². The van der Waals surface area contributed by atoms with Gasteiger partial charge in [0.25, 0.3) is 0 Å². The molecule has 0 aromatic heterocycles. The number of rotatable bonds is 4. The average molecular weight is 474 g/mol. The van der Waals surface area contributed by atoms with Gasteiger partial charge in [0, 0.05) is 51.2 Å². The van der Waals surface area contributed by atoms with Gasteiger partial charge in [-0.05, 0) is 101 Å². The Bertz CT molecular complexity index is 865. The summed E-state index contributed by atoms with van der Waals surface area (Å²) in [4.78, 5) is 31.3. The molecule has 3 rings (SSSR count). The van der Waals surface area contributed by atoms with Gasteiger partial charge >= 0.3 is 0 Å². The smallest absolute Gasteiger partial charge is 0.249 e. The van der Waals surface area contributed by atoms with Gasteiger partial charge in [0.05, 0.1) is 5.92 Å². The Labute approximate surface area is 206 Å². The van der Waals surface area contributed by atoms with Crippen LogP contribution in [-0.4, -0.2) is 51.8 Å². The highest BCUT2D eigenvalue weighted by Crippen LogP contribution is 2.32. The number of aliphatic imine (C=N–C) groups is 1. The van der Waals surface area contributed by atoms with Crippen molar-refractivity contribution in [3.8, 4) is 0 Å². The summed E-state index contributed by atoms with van der Waals surface area (Å²) < 4.78 is 0. The lowest BCUT2D eigenvalue weighted by molar-refractivity contribution is -0.124. The van der Waals surface area contributed by atoms with E-state index in [1.165, 1.54) is 0 Å². The van der Waals surface area contributed by atoms with Crippen molar-refractivity contribution in [3.63, 3.8) is 0 Å². The quantitative estimate of drug-likeness (QED) is 0.502. The van der Waals surface area contributed by atoms with Gasteiger partial charge in [0.1, 0.15) is 0 Å². The Morgan fingerprint density at radius 2 is 1.18 bits per heavy atom. The molecule has 34 heavy (non-hydrogen) atoms. The molecule has 4 N–H and O–H groups in total. The molecule has 3 aliphatic rings. The lowest BCUT2D eigenvalue weighted by Gasteiger charge is -2.47. The molecule has 1 atom stereocenters. The minimum atomic E-state index is -0.411. The first-order valence-electron chi connectivity index (χ1n) is 12.8. The van der Waals surface area contributed by atoms with Crippen LogP contribution in [0.4, 0.5) is 0 Å². The van der Waals surface area contributed by atoms with Gasteiger partial charge in [-0.3, -0.25) is 14.6 Å². The van der Waals surface area contributed by atoms with E-state index < -0.39 is 5.92 Å². The molecule has 0 aromatic rings. The molecule has 0 aromatic carbocycles. The third-order valence-electron chi connectivity index (χ3n) is 7.35. The van der Waals surface area contributed by atoms with Crippen molar-refractivity contribution in [3.05, 3.63) is 11.3 Å². The van der Waals surface area contributed by atoms with E-state index in [9.17, 15) is 9.59 Å². The molecule has 0 aliphatic carbocycles. The van der Waals surface area contributed by atoms with Crippen LogP contribution in [0.25, 0.3) is 0 Å². The molecule has 7 heteroatoms. The molecular weight excluding hydrogens is 426 g/mol. The summed E-state index contributed by atoms with van der Waals surface area (Å²) in [7, 11) is 0. The van der Waals surface area contributed by atoms with E-state index in [0.29, 0.717) is 12.0 Å². The maximum atomic E-state index is 13.4. The predicted molar refractivity (Wildman–Crippen MR) is 139 cm³/mol. The highest BCUT2D eigenvalue weighted by atomic mass is 16.2. The summed E-state index contributed by atoms with van der Waals surface area (Å²) in [5.74, 6) is -0.526. The fourth-order valence-electron chi connectivity index (χ4n) is 6.87. The number of piperidine rings is 2. The molecule has 2 amide bonds. The number of hydrogen-bond donors (Lipinski definition) is 4. The highest BCUT2D eigenvalue weighted by Gasteiger charge is 2.41. The number of hydrogen-bond acceptors (Lipinski definition) is 5. The summed E-state index contributed by atoms with van der Waals surface area (Å²) >= 11 is 0. The lowest BCUT2D eigenvalue weighted by atomic mass is 9.79. The second-order valence-electron chi connectivity index (χ2n) is 13.6. The van der Waals surface area contributed by atoms with E-state index in [1.807, 2.05) is 13.8 Å². The molecule has 3 heterocycles. The van der Waals surface area contributed by atoms with E-state index in [2.05, 4.69) is 81.6 Å². The maximum absolute atomic E-state index is 13.4. The zero-order valence-electron chi connectivity index (χ0n) is 23.0. The van der Waals surface area contributed by atoms with Crippen molar-refractivity contribution in [1.82, 2.24) is 21.3 Å². The lowest BCUT2D eigenvalue weighted by Crippen LogP contribution is -2.62. The van der Waals surface area contributed by atoms with Crippen LogP contribution < -0.4 is 21.3 Å². The first-order valence-corrected chi connectivity index (χ1v) is 12.8. The molecule has 0 saturated carbocycles. The van der Waals surface area contributed by atoms with Crippen LogP contribution in [0.3, 0.4) is 0 Å². The zero-order valence-corrected chi connectivity index (χ0v) is 23.0. The summed E-state index contributed by atoms with van der Waals surface area (Å²) in [5.41, 5.74) is 1.93. The predicted octanol–water partition coefficient (Wildman–Crippen LogP) is 3.59. The molecule has 0 spiro atoms. The number of carbonyl (C=O) groups is 2. The van der Waals surface area contributed by atoms with Crippen molar-refractivity contribution in [2.45, 2.75) is 136 Å². The molecule has 0 bridgehead atoms. The minimum Gasteiger partial charge on any atom is -0.353 e. The van der Waals surface area contributed by atoms with Crippen LogP contribution in [0.2, 0.25) is 0 Å². The Morgan fingerprint density at radius 3 is 1.62 bits per heavy atom.